The maximum Gasteiger partial charge on any atom is 0.305 e. The van der Waals surface area contributed by atoms with Crippen molar-refractivity contribution >= 4 is 5.97 Å². The van der Waals surface area contributed by atoms with E-state index in [0.29, 0.717) is 17.3 Å². The fourth-order valence-corrected chi connectivity index (χ4v) is 10.3. The van der Waals surface area contributed by atoms with Crippen LogP contribution >= 0.6 is 0 Å². The number of hydrogen-bond acceptors (Lipinski definition) is 2. The Balaban J connectivity index is 1.41. The van der Waals surface area contributed by atoms with E-state index in [4.69, 9.17) is 4.74 Å². The molecule has 4 saturated carbocycles. The molecule has 0 unspecified atom stereocenters. The minimum Gasteiger partial charge on any atom is -0.462 e. The predicted molar refractivity (Wildman–Crippen MR) is 142 cm³/mol. The number of carbonyl (C=O) groups excluding carboxylic acids is 1. The molecule has 4 aliphatic carbocycles. The Labute approximate surface area is 211 Å². The lowest BCUT2D eigenvalue weighted by molar-refractivity contribution is -0.162. The van der Waals surface area contributed by atoms with Crippen LogP contribution in [0, 0.1) is 58.2 Å². The van der Waals surface area contributed by atoms with Crippen LogP contribution in [0.25, 0.3) is 0 Å². The maximum absolute atomic E-state index is 11.9. The zero-order valence-corrected chi connectivity index (χ0v) is 23.7. The van der Waals surface area contributed by atoms with E-state index >= 15 is 0 Å². The molecule has 0 amide bonds. The molecule has 0 bridgehead atoms. The van der Waals surface area contributed by atoms with Gasteiger partial charge >= 0.3 is 5.97 Å². The molecule has 10 atom stereocenters. The van der Waals surface area contributed by atoms with Crippen molar-refractivity contribution in [3.05, 3.63) is 0 Å². The maximum atomic E-state index is 11.9. The Morgan fingerprint density at radius 1 is 0.882 bits per heavy atom. The molecule has 0 aromatic rings. The molecule has 4 fully saturated rings. The van der Waals surface area contributed by atoms with Gasteiger partial charge < -0.3 is 4.74 Å². The van der Waals surface area contributed by atoms with Gasteiger partial charge in [-0.15, -0.1) is 0 Å². The first-order valence-corrected chi connectivity index (χ1v) is 15.3. The Bertz CT molecular complexity index is 699. The predicted octanol–water partition coefficient (Wildman–Crippen LogP) is 9.07. The summed E-state index contributed by atoms with van der Waals surface area (Å²) in [6.45, 7) is 17.1. The normalized spacial score (nSPS) is 43.5. The molecular formula is C32H56O2. The van der Waals surface area contributed by atoms with Crippen molar-refractivity contribution < 1.29 is 9.53 Å². The molecule has 0 saturated heterocycles. The van der Waals surface area contributed by atoms with E-state index in [1.54, 1.807) is 0 Å². The molecule has 0 aromatic carbocycles. The first-order valence-electron chi connectivity index (χ1n) is 15.3. The van der Waals surface area contributed by atoms with Gasteiger partial charge in [0.15, 0.2) is 0 Å². The highest BCUT2D eigenvalue weighted by molar-refractivity contribution is 5.69. The lowest BCUT2D eigenvalue weighted by Crippen LogP contribution is -2.54. The highest BCUT2D eigenvalue weighted by Gasteiger charge is 2.60. The molecule has 2 nitrogen and oxygen atoms in total. The number of esters is 1. The van der Waals surface area contributed by atoms with E-state index in [1.807, 2.05) is 6.92 Å². The average molecular weight is 473 g/mol. The Hall–Kier alpha value is -0.530. The van der Waals surface area contributed by atoms with Gasteiger partial charge in [-0.25, -0.2) is 0 Å². The van der Waals surface area contributed by atoms with Gasteiger partial charge in [-0.3, -0.25) is 4.79 Å². The summed E-state index contributed by atoms with van der Waals surface area (Å²) in [6.07, 6.45) is 17.1. The van der Waals surface area contributed by atoms with E-state index in [0.717, 1.165) is 60.2 Å². The second kappa shape index (κ2) is 10.5. The molecule has 0 radical (unpaired) electrons. The van der Waals surface area contributed by atoms with E-state index in [9.17, 15) is 4.79 Å². The van der Waals surface area contributed by atoms with Crippen LogP contribution in [0.5, 0.6) is 0 Å². The second-order valence-electron chi connectivity index (χ2n) is 14.1. The van der Waals surface area contributed by atoms with Gasteiger partial charge in [-0.1, -0.05) is 61.3 Å². The molecular weight excluding hydrogens is 416 g/mol. The molecule has 4 aliphatic rings. The first kappa shape index (κ1) is 26.5. The number of hydrogen-bond donors (Lipinski definition) is 0. The third-order valence-corrected chi connectivity index (χ3v) is 12.4. The highest BCUT2D eigenvalue weighted by atomic mass is 16.5. The zero-order valence-electron chi connectivity index (χ0n) is 23.7. The molecule has 4 rings (SSSR count). The van der Waals surface area contributed by atoms with Crippen molar-refractivity contribution in [2.75, 3.05) is 0 Å². The first-order chi connectivity index (χ1) is 16.1. The Morgan fingerprint density at radius 3 is 2.26 bits per heavy atom. The van der Waals surface area contributed by atoms with E-state index < -0.39 is 0 Å². The average Bonchev–Trinajstić information content (AvgIpc) is 3.16. The van der Waals surface area contributed by atoms with Crippen LogP contribution in [0.3, 0.4) is 0 Å². The molecule has 0 spiro atoms. The fraction of sp³-hybridized carbons (Fsp3) is 0.969. The number of carbonyl (C=O) groups is 1. The second-order valence-corrected chi connectivity index (χ2v) is 14.1. The van der Waals surface area contributed by atoms with Crippen molar-refractivity contribution in [2.24, 2.45) is 58.2 Å². The number of fused-ring (bicyclic) bond motifs is 5. The molecule has 196 valence electrons. The van der Waals surface area contributed by atoms with Crippen LogP contribution in [0.1, 0.15) is 132 Å². The summed E-state index contributed by atoms with van der Waals surface area (Å²) in [4.78, 5) is 11.9. The Kier molecular flexibility index (Phi) is 8.16. The summed E-state index contributed by atoms with van der Waals surface area (Å²) in [5, 5.41) is 0. The molecule has 0 heterocycles. The standard InChI is InChI=1S/C32H56O2/c1-8-23(21(3)4)11-10-22(5)27-14-15-28-26-13-12-24-20-25(34-30(33)9-2)16-18-31(24,6)29(26)17-19-32(27,28)7/h21-29H,8-20H2,1-7H3/t22-,23-,24+,25+,26+,27-,28+,29+,31+,32-/m1/s1. The molecule has 34 heavy (non-hydrogen) atoms. The van der Waals surface area contributed by atoms with Gasteiger partial charge in [0.05, 0.1) is 0 Å². The van der Waals surface area contributed by atoms with Crippen LogP contribution in [0.2, 0.25) is 0 Å². The van der Waals surface area contributed by atoms with Gasteiger partial charge in [0.2, 0.25) is 0 Å². The van der Waals surface area contributed by atoms with Crippen LogP contribution in [-0.4, -0.2) is 12.1 Å². The van der Waals surface area contributed by atoms with E-state index in [1.165, 1.54) is 64.2 Å². The van der Waals surface area contributed by atoms with Crippen LogP contribution in [0.15, 0.2) is 0 Å². The minimum atomic E-state index is 0.000455. The SMILES string of the molecule is CCC(=O)O[C@H]1CC[C@@]2(C)[C@@H](CC[C@@H]3[C@@H]2CC[C@]2(C)[C@@H]([C@H](C)CC[C@@H](CC)C(C)C)CC[C@@H]32)C1. The van der Waals surface area contributed by atoms with Crippen LogP contribution in [-0.2, 0) is 9.53 Å². The van der Waals surface area contributed by atoms with Crippen molar-refractivity contribution in [3.63, 3.8) is 0 Å². The van der Waals surface area contributed by atoms with Crippen molar-refractivity contribution in [2.45, 2.75) is 138 Å². The molecule has 0 aliphatic heterocycles. The lowest BCUT2D eigenvalue weighted by atomic mass is 9.44. The van der Waals surface area contributed by atoms with Gasteiger partial charge in [0.25, 0.3) is 0 Å². The third kappa shape index (κ3) is 4.74. The van der Waals surface area contributed by atoms with Crippen LogP contribution in [0.4, 0.5) is 0 Å². The largest absolute Gasteiger partial charge is 0.462 e. The number of rotatable bonds is 8. The van der Waals surface area contributed by atoms with Gasteiger partial charge in [-0.05, 0) is 122 Å². The number of ether oxygens (including phenoxy) is 1. The fourth-order valence-electron chi connectivity index (χ4n) is 10.3. The highest BCUT2D eigenvalue weighted by Crippen LogP contribution is 2.68. The van der Waals surface area contributed by atoms with Gasteiger partial charge in [0.1, 0.15) is 6.10 Å². The van der Waals surface area contributed by atoms with Crippen LogP contribution < -0.4 is 0 Å². The zero-order chi connectivity index (χ0) is 24.7. The van der Waals surface area contributed by atoms with Crippen molar-refractivity contribution in [1.29, 1.82) is 0 Å². The van der Waals surface area contributed by atoms with Gasteiger partial charge in [-0.2, -0.15) is 0 Å². The quantitative estimate of drug-likeness (QED) is 0.329. The van der Waals surface area contributed by atoms with E-state index in [2.05, 4.69) is 41.5 Å². The summed E-state index contributed by atoms with van der Waals surface area (Å²) in [6, 6.07) is 0. The minimum absolute atomic E-state index is 0.000455. The topological polar surface area (TPSA) is 26.3 Å². The lowest BCUT2D eigenvalue weighted by Gasteiger charge is -2.61. The third-order valence-electron chi connectivity index (χ3n) is 12.4. The summed E-state index contributed by atoms with van der Waals surface area (Å²) in [5.41, 5.74) is 1.06. The van der Waals surface area contributed by atoms with Crippen molar-refractivity contribution in [3.8, 4) is 0 Å². The van der Waals surface area contributed by atoms with Crippen molar-refractivity contribution in [1.82, 2.24) is 0 Å². The van der Waals surface area contributed by atoms with Gasteiger partial charge in [0, 0.05) is 6.42 Å². The summed E-state index contributed by atoms with van der Waals surface area (Å²) in [7, 11) is 0. The Morgan fingerprint density at radius 2 is 1.59 bits per heavy atom. The van der Waals surface area contributed by atoms with E-state index in [-0.39, 0.29) is 12.1 Å². The monoisotopic (exact) mass is 472 g/mol. The molecule has 0 N–H and O–H groups in total. The summed E-state index contributed by atoms with van der Waals surface area (Å²) in [5.74, 6) is 7.14. The molecule has 0 aromatic heterocycles. The summed E-state index contributed by atoms with van der Waals surface area (Å²) < 4.78 is 5.82. The smallest absolute Gasteiger partial charge is 0.305 e. The summed E-state index contributed by atoms with van der Waals surface area (Å²) >= 11 is 0. The molecule has 2 heteroatoms.